The van der Waals surface area contributed by atoms with Crippen molar-refractivity contribution in [3.05, 3.63) is 34.9 Å². The normalized spacial score (nSPS) is 27.9. The molecule has 1 N–H and O–H groups in total. The Labute approximate surface area is 106 Å². The van der Waals surface area contributed by atoms with Gasteiger partial charge in [0.1, 0.15) is 0 Å². The second kappa shape index (κ2) is 5.22. The van der Waals surface area contributed by atoms with Gasteiger partial charge < -0.3 is 5.32 Å². The Bertz CT molecular complexity index is 383. The van der Waals surface area contributed by atoms with E-state index in [0.29, 0.717) is 0 Å². The Morgan fingerprint density at radius 1 is 1.18 bits per heavy atom. The molecule has 0 amide bonds. The lowest BCUT2D eigenvalue weighted by atomic mass is 9.64. The Morgan fingerprint density at radius 3 is 2.53 bits per heavy atom. The molecule has 0 aliphatic heterocycles. The lowest BCUT2D eigenvalue weighted by Crippen LogP contribution is -2.48. The first-order valence-corrected chi connectivity index (χ1v) is 6.97. The molecule has 0 radical (unpaired) electrons. The van der Waals surface area contributed by atoms with Crippen LogP contribution >= 0.6 is 0 Å². The summed E-state index contributed by atoms with van der Waals surface area (Å²) in [5.41, 5.74) is 4.39. The predicted octanol–water partition coefficient (Wildman–Crippen LogP) is 3.80. The van der Waals surface area contributed by atoms with Gasteiger partial charge in [-0.15, -0.1) is 0 Å². The van der Waals surface area contributed by atoms with E-state index in [1.165, 1.54) is 24.0 Å². The molecule has 1 nitrogen and oxygen atoms in total. The maximum Gasteiger partial charge on any atom is 0.0107 e. The van der Waals surface area contributed by atoms with E-state index in [9.17, 15) is 0 Å². The van der Waals surface area contributed by atoms with Crippen LogP contribution in [0.2, 0.25) is 0 Å². The smallest absolute Gasteiger partial charge is 0.0107 e. The highest BCUT2D eigenvalue weighted by atomic mass is 14.9. The SMILES string of the molecule is CCNC1CC(c2ccc(C)c(C)c2)C1CC. The summed E-state index contributed by atoms with van der Waals surface area (Å²) < 4.78 is 0. The van der Waals surface area contributed by atoms with Gasteiger partial charge in [0.05, 0.1) is 0 Å². The molecule has 3 atom stereocenters. The van der Waals surface area contributed by atoms with E-state index in [2.05, 4.69) is 51.2 Å². The molecule has 1 fully saturated rings. The molecule has 0 heterocycles. The number of nitrogens with one attached hydrogen (secondary N) is 1. The quantitative estimate of drug-likeness (QED) is 0.831. The fourth-order valence-corrected chi connectivity index (χ4v) is 3.15. The van der Waals surface area contributed by atoms with Crippen molar-refractivity contribution in [2.75, 3.05) is 6.54 Å². The van der Waals surface area contributed by atoms with Crippen molar-refractivity contribution < 1.29 is 0 Å². The first kappa shape index (κ1) is 12.6. The lowest BCUT2D eigenvalue weighted by molar-refractivity contribution is 0.163. The Kier molecular flexibility index (Phi) is 3.88. The summed E-state index contributed by atoms with van der Waals surface area (Å²) in [6, 6.07) is 7.75. The number of hydrogen-bond donors (Lipinski definition) is 1. The van der Waals surface area contributed by atoms with E-state index >= 15 is 0 Å². The highest BCUT2D eigenvalue weighted by Gasteiger charge is 2.39. The van der Waals surface area contributed by atoms with E-state index in [1.54, 1.807) is 5.56 Å². The van der Waals surface area contributed by atoms with Crippen LogP contribution in [0.25, 0.3) is 0 Å². The number of aryl methyl sites for hydroxylation is 2. The van der Waals surface area contributed by atoms with Gasteiger partial charge >= 0.3 is 0 Å². The first-order valence-electron chi connectivity index (χ1n) is 6.97. The summed E-state index contributed by atoms with van der Waals surface area (Å²) in [5.74, 6) is 1.61. The zero-order valence-electron chi connectivity index (χ0n) is 11.6. The molecule has 94 valence electrons. The lowest BCUT2D eigenvalue weighted by Gasteiger charge is -2.45. The highest BCUT2D eigenvalue weighted by molar-refractivity contribution is 5.34. The van der Waals surface area contributed by atoms with E-state index in [1.807, 2.05) is 0 Å². The van der Waals surface area contributed by atoms with Gasteiger partial charge in [-0.25, -0.2) is 0 Å². The third kappa shape index (κ3) is 2.40. The second-order valence-electron chi connectivity index (χ2n) is 5.42. The summed E-state index contributed by atoms with van der Waals surface area (Å²) in [6.45, 7) is 10.0. The Balaban J connectivity index is 2.10. The molecule has 1 heteroatoms. The van der Waals surface area contributed by atoms with Crippen LogP contribution in [0.5, 0.6) is 0 Å². The van der Waals surface area contributed by atoms with Crippen molar-refractivity contribution in [3.8, 4) is 0 Å². The summed E-state index contributed by atoms with van der Waals surface area (Å²) >= 11 is 0. The van der Waals surface area contributed by atoms with Gasteiger partial charge in [0, 0.05) is 6.04 Å². The summed E-state index contributed by atoms with van der Waals surface area (Å²) in [4.78, 5) is 0. The van der Waals surface area contributed by atoms with Gasteiger partial charge in [-0.3, -0.25) is 0 Å². The number of benzene rings is 1. The molecule has 0 aromatic heterocycles. The van der Waals surface area contributed by atoms with Crippen LogP contribution in [0.4, 0.5) is 0 Å². The van der Waals surface area contributed by atoms with Crippen LogP contribution in [-0.4, -0.2) is 12.6 Å². The van der Waals surface area contributed by atoms with Crippen LogP contribution in [0, 0.1) is 19.8 Å². The first-order chi connectivity index (χ1) is 8.17. The van der Waals surface area contributed by atoms with Crippen LogP contribution in [0.15, 0.2) is 18.2 Å². The van der Waals surface area contributed by atoms with Gasteiger partial charge in [-0.1, -0.05) is 38.5 Å². The minimum Gasteiger partial charge on any atom is -0.314 e. The molecule has 2 rings (SSSR count). The van der Waals surface area contributed by atoms with Crippen molar-refractivity contribution in [1.29, 1.82) is 0 Å². The van der Waals surface area contributed by atoms with Crippen LogP contribution in [0.3, 0.4) is 0 Å². The number of hydrogen-bond acceptors (Lipinski definition) is 1. The maximum absolute atomic E-state index is 3.61. The van der Waals surface area contributed by atoms with Crippen molar-refractivity contribution in [1.82, 2.24) is 5.32 Å². The fraction of sp³-hybridized carbons (Fsp3) is 0.625. The molecule has 1 aromatic carbocycles. The Hall–Kier alpha value is -0.820. The highest BCUT2D eigenvalue weighted by Crippen LogP contribution is 2.44. The zero-order valence-corrected chi connectivity index (χ0v) is 11.6. The monoisotopic (exact) mass is 231 g/mol. The molecule has 1 aliphatic rings. The van der Waals surface area contributed by atoms with Gasteiger partial charge in [0.2, 0.25) is 0 Å². The largest absolute Gasteiger partial charge is 0.314 e. The fourth-order valence-electron chi connectivity index (χ4n) is 3.15. The third-order valence-electron chi connectivity index (χ3n) is 4.44. The number of rotatable bonds is 4. The molecule has 0 spiro atoms. The van der Waals surface area contributed by atoms with Gasteiger partial charge in [-0.2, -0.15) is 0 Å². The van der Waals surface area contributed by atoms with Gasteiger partial charge in [-0.05, 0) is 55.3 Å². The van der Waals surface area contributed by atoms with E-state index in [4.69, 9.17) is 0 Å². The van der Waals surface area contributed by atoms with Crippen molar-refractivity contribution >= 4 is 0 Å². The van der Waals surface area contributed by atoms with Crippen molar-refractivity contribution in [3.63, 3.8) is 0 Å². The second-order valence-corrected chi connectivity index (χ2v) is 5.42. The molecular weight excluding hydrogens is 206 g/mol. The zero-order chi connectivity index (χ0) is 12.4. The molecule has 0 saturated heterocycles. The van der Waals surface area contributed by atoms with E-state index < -0.39 is 0 Å². The van der Waals surface area contributed by atoms with Gasteiger partial charge in [0.25, 0.3) is 0 Å². The molecular formula is C16H25N. The Morgan fingerprint density at radius 2 is 1.94 bits per heavy atom. The summed E-state index contributed by atoms with van der Waals surface area (Å²) in [6.07, 6.45) is 2.60. The van der Waals surface area contributed by atoms with E-state index in [0.717, 1.165) is 24.4 Å². The third-order valence-corrected chi connectivity index (χ3v) is 4.44. The predicted molar refractivity (Wildman–Crippen MR) is 74.5 cm³/mol. The molecule has 1 aliphatic carbocycles. The summed E-state index contributed by atoms with van der Waals surface area (Å²) in [7, 11) is 0. The van der Waals surface area contributed by atoms with Crippen LogP contribution < -0.4 is 5.32 Å². The van der Waals surface area contributed by atoms with E-state index in [-0.39, 0.29) is 0 Å². The van der Waals surface area contributed by atoms with Crippen LogP contribution in [0.1, 0.15) is 49.3 Å². The van der Waals surface area contributed by atoms with Gasteiger partial charge in [0.15, 0.2) is 0 Å². The average Bonchev–Trinajstić information content (AvgIpc) is 2.28. The molecule has 17 heavy (non-hydrogen) atoms. The van der Waals surface area contributed by atoms with Crippen LogP contribution in [-0.2, 0) is 0 Å². The minimum absolute atomic E-state index is 0.747. The van der Waals surface area contributed by atoms with Crippen molar-refractivity contribution in [2.45, 2.75) is 52.5 Å². The molecule has 3 unspecified atom stereocenters. The minimum atomic E-state index is 0.747. The molecule has 1 aromatic rings. The standard InChI is InChI=1S/C16H25N/c1-5-14-15(10-16(14)17-6-2)13-8-7-11(3)12(4)9-13/h7-9,14-17H,5-6,10H2,1-4H3. The summed E-state index contributed by atoms with van der Waals surface area (Å²) in [5, 5.41) is 3.61. The van der Waals surface area contributed by atoms with Crippen molar-refractivity contribution in [2.24, 2.45) is 5.92 Å². The maximum atomic E-state index is 3.61. The molecule has 1 saturated carbocycles. The molecule has 0 bridgehead atoms. The average molecular weight is 231 g/mol. The topological polar surface area (TPSA) is 12.0 Å².